The van der Waals surface area contributed by atoms with Gasteiger partial charge >= 0.3 is 11.9 Å². The van der Waals surface area contributed by atoms with Crippen molar-refractivity contribution in [1.29, 1.82) is 0 Å². The molecule has 168 valence electrons. The van der Waals surface area contributed by atoms with Gasteiger partial charge in [-0.2, -0.15) is 0 Å². The van der Waals surface area contributed by atoms with Gasteiger partial charge in [-0.1, -0.05) is 32.1 Å². The highest BCUT2D eigenvalue weighted by Gasteiger charge is 2.26. The van der Waals surface area contributed by atoms with Gasteiger partial charge in [-0.3, -0.25) is 0 Å². The van der Waals surface area contributed by atoms with E-state index in [-0.39, 0.29) is 30.1 Å². The maximum absolute atomic E-state index is 12.5. The monoisotopic (exact) mass is 420 g/mol. The molecule has 30 heavy (non-hydrogen) atoms. The average Bonchev–Trinajstić information content (AvgIpc) is 2.76. The van der Waals surface area contributed by atoms with Crippen LogP contribution < -0.4 is 0 Å². The van der Waals surface area contributed by atoms with E-state index in [1.165, 1.54) is 6.08 Å². The van der Waals surface area contributed by atoms with E-state index in [1.54, 1.807) is 7.11 Å². The Labute approximate surface area is 180 Å². The number of hydrogen-bond donors (Lipinski definition) is 0. The van der Waals surface area contributed by atoms with Gasteiger partial charge in [0.2, 0.25) is 0 Å². The second-order valence-electron chi connectivity index (χ2n) is 8.00. The predicted octanol–water partition coefficient (Wildman–Crippen LogP) is 4.29. The highest BCUT2D eigenvalue weighted by Crippen LogP contribution is 2.26. The molecule has 0 amide bonds. The summed E-state index contributed by atoms with van der Waals surface area (Å²) in [7, 11) is 1.73. The molecule has 0 aromatic carbocycles. The fourth-order valence-corrected chi connectivity index (χ4v) is 3.76. The minimum Gasteiger partial charge on any atom is -0.463 e. The van der Waals surface area contributed by atoms with Crippen LogP contribution in [0.3, 0.4) is 0 Å². The number of unbranched alkanes of at least 4 members (excludes halogenated alkanes) is 3. The first-order valence-corrected chi connectivity index (χ1v) is 11.1. The van der Waals surface area contributed by atoms with Crippen molar-refractivity contribution in [2.24, 2.45) is 5.92 Å². The lowest BCUT2D eigenvalue weighted by Gasteiger charge is -2.28. The molecule has 2 aliphatic rings. The van der Waals surface area contributed by atoms with Crippen molar-refractivity contribution in [1.82, 2.24) is 0 Å². The van der Waals surface area contributed by atoms with E-state index in [4.69, 9.17) is 18.9 Å². The molecule has 0 N–H and O–H groups in total. The molecular formula is C24H36O6. The van der Waals surface area contributed by atoms with Crippen LogP contribution in [0, 0.1) is 5.92 Å². The summed E-state index contributed by atoms with van der Waals surface area (Å²) in [5.74, 6) is -0.485. The lowest BCUT2D eigenvalue weighted by atomic mass is 9.94. The van der Waals surface area contributed by atoms with Crippen LogP contribution in [0.1, 0.15) is 58.3 Å². The van der Waals surface area contributed by atoms with Gasteiger partial charge in [0, 0.05) is 25.7 Å². The summed E-state index contributed by atoms with van der Waals surface area (Å²) in [6.07, 6.45) is 14.6. The summed E-state index contributed by atoms with van der Waals surface area (Å²) >= 11 is 0. The van der Waals surface area contributed by atoms with Crippen molar-refractivity contribution in [3.05, 3.63) is 36.5 Å². The first-order chi connectivity index (χ1) is 14.5. The SMILES string of the molecule is C=CC(=O)OCCCCCCOC1C=CC(C(=O)OC2CCC(OC)CC2)=CC1C. The van der Waals surface area contributed by atoms with Gasteiger partial charge in [0.25, 0.3) is 0 Å². The summed E-state index contributed by atoms with van der Waals surface area (Å²) in [6.45, 7) is 6.53. The summed E-state index contributed by atoms with van der Waals surface area (Å²) in [6, 6.07) is 0. The Morgan fingerprint density at radius 2 is 1.73 bits per heavy atom. The molecule has 0 heterocycles. The summed E-state index contributed by atoms with van der Waals surface area (Å²) in [5, 5.41) is 0. The molecule has 2 unspecified atom stereocenters. The Bertz CT molecular complexity index is 615. The second kappa shape index (κ2) is 13.4. The Hall–Kier alpha value is -1.92. The van der Waals surface area contributed by atoms with Gasteiger partial charge in [0.1, 0.15) is 6.10 Å². The third-order valence-corrected chi connectivity index (χ3v) is 5.65. The zero-order valence-electron chi connectivity index (χ0n) is 18.3. The zero-order chi connectivity index (χ0) is 21.8. The summed E-state index contributed by atoms with van der Waals surface area (Å²) in [4.78, 5) is 23.4. The minimum absolute atomic E-state index is 0.0113. The van der Waals surface area contributed by atoms with Crippen molar-refractivity contribution in [3.8, 4) is 0 Å². The van der Waals surface area contributed by atoms with Gasteiger partial charge in [-0.25, -0.2) is 9.59 Å². The standard InChI is InChI=1S/C24H36O6/c1-4-23(25)29-16-8-6-5-7-15-28-22-14-9-19(17-18(22)2)24(26)30-21-12-10-20(27-3)11-13-21/h4,9,14,17-18,20-22H,1,5-8,10-13,15-16H2,2-3H3. The molecule has 6 heteroatoms. The first-order valence-electron chi connectivity index (χ1n) is 11.1. The van der Waals surface area contributed by atoms with Crippen molar-refractivity contribution < 1.29 is 28.5 Å². The van der Waals surface area contributed by atoms with Crippen LogP contribution >= 0.6 is 0 Å². The van der Waals surface area contributed by atoms with Gasteiger partial charge in [-0.15, -0.1) is 0 Å². The topological polar surface area (TPSA) is 71.1 Å². The van der Waals surface area contributed by atoms with Gasteiger partial charge in [0.05, 0.1) is 24.4 Å². The molecule has 1 saturated carbocycles. The quantitative estimate of drug-likeness (QED) is 0.266. The predicted molar refractivity (Wildman–Crippen MR) is 115 cm³/mol. The third-order valence-electron chi connectivity index (χ3n) is 5.65. The van der Waals surface area contributed by atoms with E-state index in [1.807, 2.05) is 18.2 Å². The normalized spacial score (nSPS) is 26.0. The molecular weight excluding hydrogens is 384 g/mol. The van der Waals surface area contributed by atoms with Gasteiger partial charge in [0.15, 0.2) is 0 Å². The van der Waals surface area contributed by atoms with Crippen LogP contribution in [0.25, 0.3) is 0 Å². The van der Waals surface area contributed by atoms with Crippen LogP contribution in [0.4, 0.5) is 0 Å². The molecule has 0 radical (unpaired) electrons. The molecule has 0 spiro atoms. The van der Waals surface area contributed by atoms with Crippen molar-refractivity contribution in [2.45, 2.75) is 76.6 Å². The fraction of sp³-hybridized carbons (Fsp3) is 0.667. The van der Waals surface area contributed by atoms with E-state index >= 15 is 0 Å². The van der Waals surface area contributed by atoms with Crippen LogP contribution in [0.2, 0.25) is 0 Å². The molecule has 0 saturated heterocycles. The zero-order valence-corrected chi connectivity index (χ0v) is 18.3. The fourth-order valence-electron chi connectivity index (χ4n) is 3.76. The molecule has 2 rings (SSSR count). The number of esters is 2. The van der Waals surface area contributed by atoms with Crippen LogP contribution in [0.5, 0.6) is 0 Å². The smallest absolute Gasteiger partial charge is 0.338 e. The van der Waals surface area contributed by atoms with Crippen LogP contribution in [0.15, 0.2) is 36.5 Å². The number of carbonyl (C=O) groups is 2. The summed E-state index contributed by atoms with van der Waals surface area (Å²) in [5.41, 5.74) is 0.616. The van der Waals surface area contributed by atoms with Crippen molar-refractivity contribution in [3.63, 3.8) is 0 Å². The Morgan fingerprint density at radius 1 is 1.07 bits per heavy atom. The second-order valence-corrected chi connectivity index (χ2v) is 8.00. The van der Waals surface area contributed by atoms with Crippen LogP contribution in [-0.4, -0.2) is 50.6 Å². The number of hydrogen-bond acceptors (Lipinski definition) is 6. The molecule has 0 bridgehead atoms. The van der Waals surface area contributed by atoms with Gasteiger partial charge in [-0.05, 0) is 51.0 Å². The van der Waals surface area contributed by atoms with E-state index < -0.39 is 0 Å². The average molecular weight is 421 g/mol. The number of ether oxygens (including phenoxy) is 4. The number of carbonyl (C=O) groups excluding carboxylic acids is 2. The lowest BCUT2D eigenvalue weighted by Crippen LogP contribution is -2.29. The first kappa shape index (κ1) is 24.4. The van der Waals surface area contributed by atoms with Crippen LogP contribution in [-0.2, 0) is 28.5 Å². The molecule has 2 aliphatic carbocycles. The lowest BCUT2D eigenvalue weighted by molar-refractivity contribution is -0.146. The number of methoxy groups -OCH3 is 1. The van der Waals surface area contributed by atoms with E-state index in [2.05, 4.69) is 13.5 Å². The summed E-state index contributed by atoms with van der Waals surface area (Å²) < 4.78 is 22.0. The van der Waals surface area contributed by atoms with E-state index in [0.29, 0.717) is 24.9 Å². The third kappa shape index (κ3) is 8.44. The maximum atomic E-state index is 12.5. The molecule has 0 aromatic heterocycles. The van der Waals surface area contributed by atoms with Gasteiger partial charge < -0.3 is 18.9 Å². The highest BCUT2D eigenvalue weighted by molar-refractivity contribution is 5.92. The molecule has 2 atom stereocenters. The molecule has 1 fully saturated rings. The minimum atomic E-state index is -0.369. The molecule has 6 nitrogen and oxygen atoms in total. The molecule has 0 aromatic rings. The maximum Gasteiger partial charge on any atom is 0.338 e. The highest BCUT2D eigenvalue weighted by atomic mass is 16.5. The van der Waals surface area contributed by atoms with E-state index in [0.717, 1.165) is 51.4 Å². The van der Waals surface area contributed by atoms with Crippen molar-refractivity contribution in [2.75, 3.05) is 20.3 Å². The molecule has 0 aliphatic heterocycles. The van der Waals surface area contributed by atoms with Crippen molar-refractivity contribution >= 4 is 11.9 Å². The largest absolute Gasteiger partial charge is 0.463 e. The Kier molecular flexibility index (Phi) is 10.9. The van der Waals surface area contributed by atoms with E-state index in [9.17, 15) is 9.59 Å². The Morgan fingerprint density at radius 3 is 2.37 bits per heavy atom. The Balaban J connectivity index is 1.60. The number of rotatable bonds is 12.